The van der Waals surface area contributed by atoms with Gasteiger partial charge in [-0.15, -0.1) is 24.8 Å². The molecule has 4 N–H and O–H groups in total. The zero-order valence-electron chi connectivity index (χ0n) is 18.8. The average molecular weight is 481 g/mol. The fourth-order valence-electron chi connectivity index (χ4n) is 4.51. The van der Waals surface area contributed by atoms with E-state index in [-0.39, 0.29) is 42.4 Å². The minimum Gasteiger partial charge on any atom is -0.496 e. The monoisotopic (exact) mass is 480 g/mol. The molecule has 8 heteroatoms. The Hall–Kier alpha value is -2.09. The highest BCUT2D eigenvalue weighted by Gasteiger charge is 2.30. The van der Waals surface area contributed by atoms with Crippen LogP contribution in [0.2, 0.25) is 0 Å². The Bertz CT molecular complexity index is 981. The molecule has 0 saturated carbocycles. The van der Waals surface area contributed by atoms with Crippen molar-refractivity contribution < 1.29 is 10.2 Å². The molecule has 6 nitrogen and oxygen atoms in total. The Labute approximate surface area is 202 Å². The van der Waals surface area contributed by atoms with Crippen molar-refractivity contribution in [2.24, 2.45) is 5.73 Å². The maximum absolute atomic E-state index is 6.58. The molecule has 0 radical (unpaired) electrons. The molecule has 1 aliphatic heterocycles. The van der Waals surface area contributed by atoms with Crippen LogP contribution >= 0.6 is 24.8 Å². The second-order valence-corrected chi connectivity index (χ2v) is 7.97. The zero-order chi connectivity index (χ0) is 20.4. The van der Waals surface area contributed by atoms with E-state index in [9.17, 15) is 0 Å². The van der Waals surface area contributed by atoms with Gasteiger partial charge in [0.15, 0.2) is 0 Å². The van der Waals surface area contributed by atoms with Crippen LogP contribution in [0.1, 0.15) is 41.4 Å². The van der Waals surface area contributed by atoms with Crippen molar-refractivity contribution in [3.8, 4) is 11.4 Å². The lowest BCUT2D eigenvalue weighted by Crippen LogP contribution is -2.45. The summed E-state index contributed by atoms with van der Waals surface area (Å²) in [6.45, 7) is 5.93. The number of hydrogen-bond acceptors (Lipinski definition) is 4. The van der Waals surface area contributed by atoms with E-state index in [2.05, 4.69) is 65.5 Å². The number of piperidine rings is 1. The first-order chi connectivity index (χ1) is 14.1. The number of halogens is 2. The number of benzene rings is 2. The van der Waals surface area contributed by atoms with Crippen LogP contribution in [-0.2, 0) is 6.54 Å². The van der Waals surface area contributed by atoms with Gasteiger partial charge in [0.05, 0.1) is 24.5 Å². The summed E-state index contributed by atoms with van der Waals surface area (Å²) in [6.07, 6.45) is 2.17. The molecule has 2 atom stereocenters. The maximum atomic E-state index is 6.58. The average Bonchev–Trinajstić information content (AvgIpc) is 3.07. The van der Waals surface area contributed by atoms with E-state index in [0.717, 1.165) is 54.3 Å². The largest absolute Gasteiger partial charge is 0.496 e. The molecule has 2 aromatic carbocycles. The highest BCUT2D eigenvalue weighted by Crippen LogP contribution is 2.33. The lowest BCUT2D eigenvalue weighted by Gasteiger charge is -2.40. The standard InChI is InChI=1S/C24H30N4O.2ClH.H2O/c1-17-14-18(2)28(26-17)21-11-12-23(29-3)20(15-21)16-27-13-7-10-22(25)24(27)19-8-5-4-6-9-19;;;/h4-6,8-9,11-12,14-15,22,24H,7,10,13,16,25H2,1-3H3;2*1H;1H2/t22-,24-;;;/m0.../s1. The van der Waals surface area contributed by atoms with Crippen molar-refractivity contribution in [2.45, 2.75) is 45.3 Å². The van der Waals surface area contributed by atoms with E-state index < -0.39 is 0 Å². The lowest BCUT2D eigenvalue weighted by molar-refractivity contribution is 0.119. The molecule has 176 valence electrons. The number of ether oxygens (including phenoxy) is 1. The maximum Gasteiger partial charge on any atom is 0.123 e. The summed E-state index contributed by atoms with van der Waals surface area (Å²) >= 11 is 0. The van der Waals surface area contributed by atoms with Crippen LogP contribution in [0.25, 0.3) is 5.69 Å². The van der Waals surface area contributed by atoms with Crippen molar-refractivity contribution in [1.82, 2.24) is 14.7 Å². The topological polar surface area (TPSA) is 87.8 Å². The van der Waals surface area contributed by atoms with Crippen LogP contribution in [0.5, 0.6) is 5.75 Å². The van der Waals surface area contributed by atoms with Gasteiger partial charge in [-0.3, -0.25) is 4.90 Å². The smallest absolute Gasteiger partial charge is 0.123 e. The number of rotatable bonds is 5. The number of aryl methyl sites for hydroxylation is 2. The molecular weight excluding hydrogens is 447 g/mol. The Balaban J connectivity index is 0.00000171. The van der Waals surface area contributed by atoms with Crippen molar-refractivity contribution in [3.63, 3.8) is 0 Å². The predicted molar refractivity (Wildman–Crippen MR) is 135 cm³/mol. The number of likely N-dealkylation sites (tertiary alicyclic amines) is 1. The van der Waals surface area contributed by atoms with Crippen molar-refractivity contribution in [2.75, 3.05) is 13.7 Å². The van der Waals surface area contributed by atoms with E-state index in [1.54, 1.807) is 7.11 Å². The van der Waals surface area contributed by atoms with E-state index in [4.69, 9.17) is 10.5 Å². The molecule has 0 amide bonds. The van der Waals surface area contributed by atoms with Gasteiger partial charge in [0.1, 0.15) is 5.75 Å². The van der Waals surface area contributed by atoms with Crippen LogP contribution in [0, 0.1) is 13.8 Å². The van der Waals surface area contributed by atoms with Crippen molar-refractivity contribution in [1.29, 1.82) is 0 Å². The van der Waals surface area contributed by atoms with Gasteiger partial charge < -0.3 is 15.9 Å². The quantitative estimate of drug-likeness (QED) is 0.592. The first-order valence-electron chi connectivity index (χ1n) is 10.3. The normalized spacial score (nSPS) is 18.1. The van der Waals surface area contributed by atoms with Crippen molar-refractivity contribution in [3.05, 3.63) is 77.1 Å². The molecule has 3 aromatic rings. The number of nitrogens with zero attached hydrogens (tertiary/aromatic N) is 3. The molecule has 1 aromatic heterocycles. The minimum absolute atomic E-state index is 0. The summed E-state index contributed by atoms with van der Waals surface area (Å²) in [5, 5.41) is 4.64. The van der Waals surface area contributed by atoms with Gasteiger partial charge in [0.25, 0.3) is 0 Å². The third-order valence-corrected chi connectivity index (χ3v) is 5.81. The summed E-state index contributed by atoms with van der Waals surface area (Å²) in [7, 11) is 1.73. The molecule has 1 aliphatic rings. The zero-order valence-corrected chi connectivity index (χ0v) is 20.5. The van der Waals surface area contributed by atoms with Crippen LogP contribution < -0.4 is 10.5 Å². The molecule has 0 bridgehead atoms. The summed E-state index contributed by atoms with van der Waals surface area (Å²) in [4.78, 5) is 2.49. The molecule has 32 heavy (non-hydrogen) atoms. The van der Waals surface area contributed by atoms with Gasteiger partial charge in [-0.05, 0) is 63.1 Å². The van der Waals surface area contributed by atoms with Crippen LogP contribution in [0.4, 0.5) is 0 Å². The third kappa shape index (κ3) is 5.82. The molecule has 0 unspecified atom stereocenters. The second kappa shape index (κ2) is 12.2. The molecule has 4 rings (SSSR count). The lowest BCUT2D eigenvalue weighted by atomic mass is 9.90. The van der Waals surface area contributed by atoms with Crippen LogP contribution in [-0.4, -0.2) is 39.9 Å². The number of hydrogen-bond donors (Lipinski definition) is 1. The first kappa shape index (κ1) is 27.9. The van der Waals surface area contributed by atoms with Crippen LogP contribution in [0.15, 0.2) is 54.6 Å². The second-order valence-electron chi connectivity index (χ2n) is 7.97. The molecule has 2 heterocycles. The third-order valence-electron chi connectivity index (χ3n) is 5.81. The fraction of sp³-hybridized carbons (Fsp3) is 0.375. The molecule has 0 aliphatic carbocycles. The Morgan fingerprint density at radius 1 is 1.06 bits per heavy atom. The van der Waals surface area contributed by atoms with E-state index in [1.807, 2.05) is 17.7 Å². The summed E-state index contributed by atoms with van der Waals surface area (Å²) in [6, 6.07) is 19.4. The number of aromatic nitrogens is 2. The predicted octanol–water partition coefficient (Wildman–Crippen LogP) is 4.18. The molecule has 0 spiro atoms. The first-order valence-corrected chi connectivity index (χ1v) is 10.3. The van der Waals surface area contributed by atoms with Gasteiger partial charge in [0, 0.05) is 23.8 Å². The molecular formula is C24H34Cl2N4O2. The number of methoxy groups -OCH3 is 1. The van der Waals surface area contributed by atoms with E-state index in [0.29, 0.717) is 0 Å². The van der Waals surface area contributed by atoms with E-state index >= 15 is 0 Å². The van der Waals surface area contributed by atoms with Gasteiger partial charge in [-0.2, -0.15) is 5.10 Å². The summed E-state index contributed by atoms with van der Waals surface area (Å²) < 4.78 is 7.69. The summed E-state index contributed by atoms with van der Waals surface area (Å²) in [5.41, 5.74) is 12.2. The van der Waals surface area contributed by atoms with Gasteiger partial charge in [-0.1, -0.05) is 30.3 Å². The van der Waals surface area contributed by atoms with Gasteiger partial charge >= 0.3 is 0 Å². The highest BCUT2D eigenvalue weighted by molar-refractivity contribution is 5.85. The van der Waals surface area contributed by atoms with Crippen LogP contribution in [0.3, 0.4) is 0 Å². The molecule has 1 saturated heterocycles. The number of nitrogens with two attached hydrogens (primary N) is 1. The van der Waals surface area contributed by atoms with Crippen molar-refractivity contribution >= 4 is 24.8 Å². The van der Waals surface area contributed by atoms with Gasteiger partial charge in [-0.25, -0.2) is 4.68 Å². The summed E-state index contributed by atoms with van der Waals surface area (Å²) in [5.74, 6) is 0.904. The van der Waals surface area contributed by atoms with E-state index in [1.165, 1.54) is 5.56 Å². The molecule has 1 fully saturated rings. The fourth-order valence-corrected chi connectivity index (χ4v) is 4.51. The SMILES string of the molecule is COc1ccc(-n2nc(C)cc2C)cc1CN1CCC[C@H](N)[C@@H]1c1ccccc1.Cl.Cl.O. The highest BCUT2D eigenvalue weighted by atomic mass is 35.5. The van der Waals surface area contributed by atoms with Gasteiger partial charge in [0.2, 0.25) is 0 Å². The Morgan fingerprint density at radius 3 is 2.41 bits per heavy atom. The Morgan fingerprint density at radius 2 is 1.78 bits per heavy atom. The Kier molecular flexibility index (Phi) is 10.7. The minimum atomic E-state index is 0.